The zero-order valence-corrected chi connectivity index (χ0v) is 19.5. The molecule has 0 bridgehead atoms. The van der Waals surface area contributed by atoms with Crippen LogP contribution in [-0.2, 0) is 4.74 Å². The second kappa shape index (κ2) is 8.19. The van der Waals surface area contributed by atoms with E-state index in [0.717, 1.165) is 13.2 Å². The van der Waals surface area contributed by atoms with Crippen molar-refractivity contribution in [1.29, 1.82) is 0 Å². The number of hydrogen-bond acceptors (Lipinski definition) is 3. The van der Waals surface area contributed by atoms with Crippen molar-refractivity contribution in [3.05, 3.63) is 0 Å². The second-order valence-corrected chi connectivity index (χ2v) is 11.9. The number of halogens is 3. The first kappa shape index (κ1) is 26.7. The third-order valence-corrected chi connectivity index (χ3v) is 4.52. The minimum absolute atomic E-state index is 0.164. The first-order chi connectivity index (χ1) is 11.5. The molecule has 6 heteroatoms. The van der Waals surface area contributed by atoms with E-state index in [4.69, 9.17) is 4.74 Å². The summed E-state index contributed by atoms with van der Waals surface area (Å²) in [5, 5.41) is 6.30. The van der Waals surface area contributed by atoms with Gasteiger partial charge in [0.1, 0.15) is 6.04 Å². The summed E-state index contributed by atoms with van der Waals surface area (Å²) in [4.78, 5) is 0. The molecule has 1 aliphatic rings. The van der Waals surface area contributed by atoms with Gasteiger partial charge in [0.15, 0.2) is 0 Å². The molecule has 3 nitrogen and oxygen atoms in total. The van der Waals surface area contributed by atoms with E-state index in [0.29, 0.717) is 0 Å². The highest BCUT2D eigenvalue weighted by Gasteiger charge is 2.50. The molecule has 1 saturated heterocycles. The molecule has 1 heterocycles. The summed E-state index contributed by atoms with van der Waals surface area (Å²) in [6, 6.07) is -1.48. The van der Waals surface area contributed by atoms with Crippen molar-refractivity contribution in [3.8, 4) is 0 Å². The molecule has 0 radical (unpaired) electrons. The lowest BCUT2D eigenvalue weighted by atomic mass is 9.71. The SMILES string of the molecule is CC(C)(C)NC(C(C)(C)C)C(F)(F)F.CC(C)(C)NC1(C(C)(C)C)COC1. The van der Waals surface area contributed by atoms with Gasteiger partial charge in [-0.1, -0.05) is 41.5 Å². The van der Waals surface area contributed by atoms with Crippen molar-refractivity contribution in [2.24, 2.45) is 10.8 Å². The molecule has 164 valence electrons. The standard InChI is InChI=1S/C11H23NO.C10H20F3N/c1-9(2,3)11(7-13-8-11)12-10(4,5)6;1-8(2,3)7(10(11,12)13)14-9(4,5)6/h12H,7-8H2,1-6H3;7,14H,1-6H3. The molecule has 27 heavy (non-hydrogen) atoms. The lowest BCUT2D eigenvalue weighted by molar-refractivity contribution is -0.182. The molecule has 0 saturated carbocycles. The first-order valence-corrected chi connectivity index (χ1v) is 9.72. The van der Waals surface area contributed by atoms with Crippen LogP contribution in [0.2, 0.25) is 0 Å². The second-order valence-electron chi connectivity index (χ2n) is 11.9. The van der Waals surface area contributed by atoms with E-state index < -0.39 is 23.2 Å². The fourth-order valence-electron chi connectivity index (χ4n) is 2.94. The van der Waals surface area contributed by atoms with Crippen molar-refractivity contribution >= 4 is 0 Å². The number of alkyl halides is 3. The topological polar surface area (TPSA) is 33.3 Å². The average molecular weight is 397 g/mol. The van der Waals surface area contributed by atoms with Crippen molar-refractivity contribution in [3.63, 3.8) is 0 Å². The number of ether oxygens (including phenoxy) is 1. The summed E-state index contributed by atoms with van der Waals surface area (Å²) in [5.41, 5.74) is -0.764. The molecular weight excluding hydrogens is 353 g/mol. The van der Waals surface area contributed by atoms with Gasteiger partial charge in [-0.25, -0.2) is 0 Å². The van der Waals surface area contributed by atoms with Gasteiger partial charge in [-0.2, -0.15) is 13.2 Å². The molecule has 1 fully saturated rings. The van der Waals surface area contributed by atoms with E-state index >= 15 is 0 Å². The van der Waals surface area contributed by atoms with Crippen LogP contribution < -0.4 is 10.6 Å². The molecule has 0 aliphatic carbocycles. The summed E-state index contributed by atoms with van der Waals surface area (Å²) in [7, 11) is 0. The van der Waals surface area contributed by atoms with Gasteiger partial charge < -0.3 is 15.4 Å². The summed E-state index contributed by atoms with van der Waals surface area (Å²) in [5.74, 6) is 0. The lowest BCUT2D eigenvalue weighted by Gasteiger charge is -2.54. The molecule has 1 aliphatic heterocycles. The van der Waals surface area contributed by atoms with Crippen LogP contribution in [0.3, 0.4) is 0 Å². The third kappa shape index (κ3) is 9.14. The highest BCUT2D eigenvalue weighted by molar-refractivity contribution is 5.05. The monoisotopic (exact) mass is 396 g/mol. The average Bonchev–Trinajstić information content (AvgIpc) is 2.25. The Labute approximate surface area is 165 Å². The largest absolute Gasteiger partial charge is 0.404 e. The smallest absolute Gasteiger partial charge is 0.377 e. The highest BCUT2D eigenvalue weighted by Crippen LogP contribution is 2.38. The van der Waals surface area contributed by atoms with Gasteiger partial charge in [0.2, 0.25) is 0 Å². The van der Waals surface area contributed by atoms with Crippen LogP contribution >= 0.6 is 0 Å². The van der Waals surface area contributed by atoms with Gasteiger partial charge >= 0.3 is 6.18 Å². The van der Waals surface area contributed by atoms with Gasteiger partial charge in [-0.05, 0) is 52.4 Å². The van der Waals surface area contributed by atoms with Crippen molar-refractivity contribution in [2.75, 3.05) is 13.2 Å². The minimum atomic E-state index is -4.20. The van der Waals surface area contributed by atoms with Gasteiger partial charge in [-0.3, -0.25) is 0 Å². The Hall–Kier alpha value is -0.330. The van der Waals surface area contributed by atoms with E-state index in [-0.39, 0.29) is 16.5 Å². The maximum atomic E-state index is 12.7. The normalized spacial score (nSPS) is 19.7. The van der Waals surface area contributed by atoms with Gasteiger partial charge in [0, 0.05) is 11.1 Å². The molecule has 2 N–H and O–H groups in total. The van der Waals surface area contributed by atoms with E-state index in [1.807, 2.05) is 0 Å². The van der Waals surface area contributed by atoms with Crippen LogP contribution in [-0.4, -0.2) is 42.0 Å². The Morgan fingerprint density at radius 3 is 1.22 bits per heavy atom. The van der Waals surface area contributed by atoms with E-state index in [2.05, 4.69) is 52.2 Å². The molecule has 0 spiro atoms. The Bertz CT molecular complexity index is 442. The molecule has 1 atom stereocenters. The highest BCUT2D eigenvalue weighted by atomic mass is 19.4. The Kier molecular flexibility index (Phi) is 8.09. The van der Waals surface area contributed by atoms with Crippen LogP contribution in [0.5, 0.6) is 0 Å². The van der Waals surface area contributed by atoms with E-state index in [9.17, 15) is 13.2 Å². The molecular formula is C21H43F3N2O. The van der Waals surface area contributed by atoms with E-state index in [1.165, 1.54) is 0 Å². The van der Waals surface area contributed by atoms with Crippen LogP contribution in [0.15, 0.2) is 0 Å². The summed E-state index contributed by atoms with van der Waals surface area (Å²) >= 11 is 0. The molecule has 1 rings (SSSR count). The summed E-state index contributed by atoms with van der Waals surface area (Å²) in [6.07, 6.45) is -4.20. The zero-order chi connectivity index (χ0) is 22.1. The Morgan fingerprint density at radius 2 is 1.15 bits per heavy atom. The molecule has 0 aromatic rings. The Morgan fingerprint density at radius 1 is 0.741 bits per heavy atom. The zero-order valence-electron chi connectivity index (χ0n) is 19.5. The number of nitrogens with one attached hydrogen (secondary N) is 2. The fourth-order valence-corrected chi connectivity index (χ4v) is 2.94. The number of hydrogen-bond donors (Lipinski definition) is 2. The first-order valence-electron chi connectivity index (χ1n) is 9.72. The minimum Gasteiger partial charge on any atom is -0.377 e. The molecule has 0 aromatic heterocycles. The fraction of sp³-hybridized carbons (Fsp3) is 1.00. The van der Waals surface area contributed by atoms with Crippen LogP contribution in [0.25, 0.3) is 0 Å². The van der Waals surface area contributed by atoms with Gasteiger partial charge in [0.25, 0.3) is 0 Å². The summed E-state index contributed by atoms with van der Waals surface area (Å²) in [6.45, 7) is 25.1. The quantitative estimate of drug-likeness (QED) is 0.643. The van der Waals surface area contributed by atoms with Crippen LogP contribution in [0.4, 0.5) is 13.2 Å². The molecule has 0 amide bonds. The van der Waals surface area contributed by atoms with Crippen molar-refractivity contribution in [2.45, 2.75) is 112 Å². The predicted molar refractivity (Wildman–Crippen MR) is 108 cm³/mol. The summed E-state index contributed by atoms with van der Waals surface area (Å²) < 4.78 is 43.4. The van der Waals surface area contributed by atoms with Crippen molar-refractivity contribution < 1.29 is 17.9 Å². The van der Waals surface area contributed by atoms with Crippen LogP contribution in [0, 0.1) is 10.8 Å². The van der Waals surface area contributed by atoms with Crippen molar-refractivity contribution in [1.82, 2.24) is 10.6 Å². The van der Waals surface area contributed by atoms with Crippen LogP contribution in [0.1, 0.15) is 83.1 Å². The number of rotatable bonds is 2. The molecule has 0 aromatic carbocycles. The predicted octanol–water partition coefficient (Wildman–Crippen LogP) is 5.54. The molecule has 1 unspecified atom stereocenters. The van der Waals surface area contributed by atoms with Gasteiger partial charge in [0.05, 0.1) is 18.8 Å². The Balaban J connectivity index is 0.000000501. The third-order valence-electron chi connectivity index (χ3n) is 4.52. The van der Waals surface area contributed by atoms with E-state index in [1.54, 1.807) is 41.5 Å². The van der Waals surface area contributed by atoms with Gasteiger partial charge in [-0.15, -0.1) is 0 Å². The maximum absolute atomic E-state index is 12.7. The lowest BCUT2D eigenvalue weighted by Crippen LogP contribution is -2.71. The maximum Gasteiger partial charge on any atom is 0.404 e.